The van der Waals surface area contributed by atoms with Crippen molar-refractivity contribution in [1.29, 1.82) is 0 Å². The highest BCUT2D eigenvalue weighted by Crippen LogP contribution is 2.39. The maximum atomic E-state index is 12.3. The number of amides is 1. The van der Waals surface area contributed by atoms with Crippen molar-refractivity contribution in [2.24, 2.45) is 5.92 Å². The first-order valence-corrected chi connectivity index (χ1v) is 10.8. The van der Waals surface area contributed by atoms with Gasteiger partial charge in [0.05, 0.1) is 6.20 Å². The third-order valence-corrected chi connectivity index (χ3v) is 6.07. The van der Waals surface area contributed by atoms with Crippen LogP contribution >= 0.6 is 0 Å². The van der Waals surface area contributed by atoms with Crippen LogP contribution in [0.1, 0.15) is 72.5 Å². The van der Waals surface area contributed by atoms with Crippen molar-refractivity contribution >= 4 is 5.91 Å². The smallest absolute Gasteiger partial charge is 0.273 e. The minimum atomic E-state index is -0.146. The van der Waals surface area contributed by atoms with Crippen molar-refractivity contribution < 1.29 is 9.32 Å². The van der Waals surface area contributed by atoms with Gasteiger partial charge in [0.2, 0.25) is 0 Å². The molecule has 158 valence electrons. The number of aromatic nitrogens is 4. The number of carbonyl (C=O) groups excluding carboxylic acids is 1. The molecule has 3 aromatic heterocycles. The highest BCUT2D eigenvalue weighted by Gasteiger charge is 2.26. The first kappa shape index (κ1) is 20.3. The molecule has 1 aliphatic carbocycles. The summed E-state index contributed by atoms with van der Waals surface area (Å²) in [7, 11) is 0. The Bertz CT molecular complexity index is 985. The van der Waals surface area contributed by atoms with Crippen molar-refractivity contribution in [2.45, 2.75) is 58.3 Å². The zero-order valence-corrected chi connectivity index (χ0v) is 17.6. The number of aromatic amines is 1. The molecule has 1 amide bonds. The fraction of sp³-hybridized carbons (Fsp3) is 0.478. The Balaban J connectivity index is 1.31. The van der Waals surface area contributed by atoms with Gasteiger partial charge in [-0.25, -0.2) is 0 Å². The molecule has 7 heteroatoms. The quantitative estimate of drug-likeness (QED) is 0.604. The Morgan fingerprint density at radius 3 is 2.83 bits per heavy atom. The van der Waals surface area contributed by atoms with Gasteiger partial charge >= 0.3 is 0 Å². The standard InChI is InChI=1S/C23H29N5O2/c1-3-4-18-11-21(28-30-18)23(29)25-13-16-5-7-17(8-6-16)22-20(14-26-27-22)19-9-10-24-12-15(19)2/h9-12,14,16-17H,3-8,13H2,1-2H3,(H,25,29)(H,26,27). The average molecular weight is 408 g/mol. The van der Waals surface area contributed by atoms with Gasteiger partial charge in [-0.05, 0) is 62.1 Å². The van der Waals surface area contributed by atoms with Crippen LogP contribution in [0.15, 0.2) is 35.2 Å². The van der Waals surface area contributed by atoms with Gasteiger partial charge in [0, 0.05) is 48.6 Å². The number of carbonyl (C=O) groups is 1. The summed E-state index contributed by atoms with van der Waals surface area (Å²) in [6, 6.07) is 3.80. The van der Waals surface area contributed by atoms with Crippen molar-refractivity contribution in [3.05, 3.63) is 53.4 Å². The second kappa shape index (κ2) is 9.24. The molecule has 0 aromatic carbocycles. The summed E-state index contributed by atoms with van der Waals surface area (Å²) >= 11 is 0. The van der Waals surface area contributed by atoms with E-state index in [0.29, 0.717) is 24.1 Å². The topological polar surface area (TPSA) is 96.7 Å². The average Bonchev–Trinajstić information content (AvgIpc) is 3.43. The molecule has 1 fully saturated rings. The van der Waals surface area contributed by atoms with E-state index in [0.717, 1.165) is 49.8 Å². The predicted octanol–water partition coefficient (Wildman–Crippen LogP) is 4.42. The van der Waals surface area contributed by atoms with Crippen LogP contribution in [-0.2, 0) is 6.42 Å². The van der Waals surface area contributed by atoms with Gasteiger partial charge in [0.25, 0.3) is 5.91 Å². The molecule has 0 spiro atoms. The first-order chi connectivity index (χ1) is 14.7. The summed E-state index contributed by atoms with van der Waals surface area (Å²) in [4.78, 5) is 16.5. The summed E-state index contributed by atoms with van der Waals surface area (Å²) in [5.74, 6) is 1.57. The maximum Gasteiger partial charge on any atom is 0.273 e. The maximum absolute atomic E-state index is 12.3. The summed E-state index contributed by atoms with van der Waals surface area (Å²) in [5.41, 5.74) is 5.13. The lowest BCUT2D eigenvalue weighted by molar-refractivity contribution is 0.0933. The molecule has 1 saturated carbocycles. The lowest BCUT2D eigenvalue weighted by atomic mass is 9.79. The largest absolute Gasteiger partial charge is 0.361 e. The highest BCUT2D eigenvalue weighted by molar-refractivity contribution is 5.92. The van der Waals surface area contributed by atoms with E-state index in [1.165, 1.54) is 16.8 Å². The van der Waals surface area contributed by atoms with Crippen LogP contribution in [0, 0.1) is 12.8 Å². The third-order valence-electron chi connectivity index (χ3n) is 6.07. The monoisotopic (exact) mass is 407 g/mol. The predicted molar refractivity (Wildman–Crippen MR) is 114 cm³/mol. The van der Waals surface area contributed by atoms with Gasteiger partial charge in [0.15, 0.2) is 5.69 Å². The van der Waals surface area contributed by atoms with Crippen LogP contribution in [0.3, 0.4) is 0 Å². The van der Waals surface area contributed by atoms with Crippen LogP contribution in [-0.4, -0.2) is 32.8 Å². The molecule has 0 atom stereocenters. The molecule has 1 aliphatic rings. The van der Waals surface area contributed by atoms with Crippen LogP contribution < -0.4 is 5.32 Å². The van der Waals surface area contributed by atoms with Crippen molar-refractivity contribution in [3.8, 4) is 11.1 Å². The Labute approximate surface area is 176 Å². The number of nitrogens with one attached hydrogen (secondary N) is 2. The van der Waals surface area contributed by atoms with E-state index < -0.39 is 0 Å². The molecule has 2 N–H and O–H groups in total. The summed E-state index contributed by atoms with van der Waals surface area (Å²) in [6.07, 6.45) is 11.8. The number of rotatable bonds is 7. The van der Waals surface area contributed by atoms with Gasteiger partial charge < -0.3 is 9.84 Å². The molecule has 4 rings (SSSR count). The SMILES string of the molecule is CCCc1cc(C(=O)NCC2CCC(c3[nH]ncc3-c3ccncc3C)CC2)no1. The Morgan fingerprint density at radius 2 is 2.07 bits per heavy atom. The van der Waals surface area contributed by atoms with E-state index >= 15 is 0 Å². The Kier molecular flexibility index (Phi) is 6.26. The summed E-state index contributed by atoms with van der Waals surface area (Å²) < 4.78 is 5.21. The second-order valence-corrected chi connectivity index (χ2v) is 8.24. The van der Waals surface area contributed by atoms with E-state index in [4.69, 9.17) is 4.52 Å². The van der Waals surface area contributed by atoms with E-state index in [-0.39, 0.29) is 5.91 Å². The number of hydrogen-bond acceptors (Lipinski definition) is 5. The molecule has 3 aromatic rings. The summed E-state index contributed by atoms with van der Waals surface area (Å²) in [5, 5.41) is 14.5. The number of nitrogens with zero attached hydrogens (tertiary/aromatic N) is 3. The zero-order chi connectivity index (χ0) is 20.9. The minimum absolute atomic E-state index is 0.146. The fourth-order valence-electron chi connectivity index (χ4n) is 4.36. The van der Waals surface area contributed by atoms with Gasteiger partial charge in [-0.3, -0.25) is 14.9 Å². The first-order valence-electron chi connectivity index (χ1n) is 10.8. The molecule has 3 heterocycles. The minimum Gasteiger partial charge on any atom is -0.361 e. The van der Waals surface area contributed by atoms with Gasteiger partial charge in [0.1, 0.15) is 5.76 Å². The van der Waals surface area contributed by atoms with Crippen LogP contribution in [0.2, 0.25) is 0 Å². The van der Waals surface area contributed by atoms with Crippen LogP contribution in [0.4, 0.5) is 0 Å². The van der Waals surface area contributed by atoms with Gasteiger partial charge in [-0.15, -0.1) is 0 Å². The molecule has 0 bridgehead atoms. The number of hydrogen-bond donors (Lipinski definition) is 2. The van der Waals surface area contributed by atoms with Crippen LogP contribution in [0.25, 0.3) is 11.1 Å². The molecular weight excluding hydrogens is 378 g/mol. The molecule has 0 radical (unpaired) electrons. The molecular formula is C23H29N5O2. The van der Waals surface area contributed by atoms with Crippen LogP contribution in [0.5, 0.6) is 0 Å². The molecule has 30 heavy (non-hydrogen) atoms. The Hall–Kier alpha value is -2.96. The zero-order valence-electron chi connectivity index (χ0n) is 17.6. The molecule has 0 aliphatic heterocycles. The van der Waals surface area contributed by atoms with Gasteiger partial charge in [-0.2, -0.15) is 5.10 Å². The Morgan fingerprint density at radius 1 is 1.23 bits per heavy atom. The normalized spacial score (nSPS) is 19.0. The van der Waals surface area contributed by atoms with E-state index in [9.17, 15) is 4.79 Å². The van der Waals surface area contributed by atoms with Gasteiger partial charge in [-0.1, -0.05) is 12.1 Å². The van der Waals surface area contributed by atoms with E-state index in [1.807, 2.05) is 18.6 Å². The third kappa shape index (κ3) is 4.45. The molecule has 7 nitrogen and oxygen atoms in total. The molecule has 0 unspecified atom stereocenters. The fourth-order valence-corrected chi connectivity index (χ4v) is 4.36. The van der Waals surface area contributed by atoms with E-state index in [2.05, 4.69) is 45.6 Å². The number of aryl methyl sites for hydroxylation is 2. The van der Waals surface area contributed by atoms with Crippen molar-refractivity contribution in [3.63, 3.8) is 0 Å². The number of pyridine rings is 1. The summed E-state index contributed by atoms with van der Waals surface area (Å²) in [6.45, 7) is 4.84. The second-order valence-electron chi connectivity index (χ2n) is 8.24. The lowest BCUT2D eigenvalue weighted by Gasteiger charge is -2.28. The van der Waals surface area contributed by atoms with Crippen molar-refractivity contribution in [2.75, 3.05) is 6.54 Å². The highest BCUT2D eigenvalue weighted by atomic mass is 16.5. The molecule has 0 saturated heterocycles. The lowest BCUT2D eigenvalue weighted by Crippen LogP contribution is -2.31. The number of H-pyrrole nitrogens is 1. The van der Waals surface area contributed by atoms with E-state index in [1.54, 1.807) is 6.07 Å². The van der Waals surface area contributed by atoms with Crippen molar-refractivity contribution in [1.82, 2.24) is 25.7 Å².